The number of ether oxygens (including phenoxy) is 2. The zero-order chi connectivity index (χ0) is 23.9. The van der Waals surface area contributed by atoms with Crippen LogP contribution in [0.15, 0.2) is 48.5 Å². The first-order valence-electron chi connectivity index (χ1n) is 12.1. The topological polar surface area (TPSA) is 103 Å². The normalized spacial score (nSPS) is 25.3. The van der Waals surface area contributed by atoms with E-state index in [9.17, 15) is 15.0 Å². The molecule has 0 saturated carbocycles. The standard InChI is InChI=1S/C26H35N3O5/c1-2-27-26(32)28-21-6-3-5-20(13-21)25-33-23(15-29-12-4-7-22(29)17-31)14-24(34-25)19-10-8-18(16-30)9-11-19/h3,5-6,8-11,13,22-25,30-31H,2,4,7,12,14-17H2,1H3,(H2,27,28,32). The predicted molar refractivity (Wildman–Crippen MR) is 129 cm³/mol. The number of nitrogens with one attached hydrogen (secondary N) is 2. The Hall–Kier alpha value is -2.49. The molecule has 2 saturated heterocycles. The number of aliphatic hydroxyl groups excluding tert-OH is 2. The van der Waals surface area contributed by atoms with Crippen molar-refractivity contribution in [1.82, 2.24) is 10.2 Å². The summed E-state index contributed by atoms with van der Waals surface area (Å²) in [4.78, 5) is 14.3. The summed E-state index contributed by atoms with van der Waals surface area (Å²) in [7, 11) is 0. The number of urea groups is 1. The van der Waals surface area contributed by atoms with Crippen molar-refractivity contribution < 1.29 is 24.5 Å². The molecule has 2 fully saturated rings. The first-order valence-corrected chi connectivity index (χ1v) is 12.1. The molecule has 8 heteroatoms. The van der Waals surface area contributed by atoms with E-state index < -0.39 is 6.29 Å². The number of amides is 2. The Labute approximate surface area is 200 Å². The summed E-state index contributed by atoms with van der Waals surface area (Å²) in [6.45, 7) is 4.26. The highest BCUT2D eigenvalue weighted by atomic mass is 16.7. The van der Waals surface area contributed by atoms with Gasteiger partial charge in [-0.25, -0.2) is 4.79 Å². The summed E-state index contributed by atoms with van der Waals surface area (Å²) in [5.41, 5.74) is 3.39. The molecular formula is C26H35N3O5. The summed E-state index contributed by atoms with van der Waals surface area (Å²) in [5.74, 6) is 0. The minimum Gasteiger partial charge on any atom is -0.395 e. The average molecular weight is 470 g/mol. The van der Waals surface area contributed by atoms with Crippen LogP contribution in [-0.2, 0) is 16.1 Å². The molecule has 4 unspecified atom stereocenters. The lowest BCUT2D eigenvalue weighted by Gasteiger charge is -2.38. The maximum atomic E-state index is 12.0. The molecule has 8 nitrogen and oxygen atoms in total. The smallest absolute Gasteiger partial charge is 0.319 e. The van der Waals surface area contributed by atoms with Crippen LogP contribution < -0.4 is 10.6 Å². The van der Waals surface area contributed by atoms with Crippen LogP contribution in [0.1, 0.15) is 55.3 Å². The second-order valence-electron chi connectivity index (χ2n) is 8.93. The molecule has 4 rings (SSSR count). The number of hydrogen-bond donors (Lipinski definition) is 4. The van der Waals surface area contributed by atoms with Gasteiger partial charge in [-0.1, -0.05) is 36.4 Å². The van der Waals surface area contributed by atoms with Gasteiger partial charge in [-0.2, -0.15) is 0 Å². The number of benzene rings is 2. The van der Waals surface area contributed by atoms with E-state index in [1.54, 1.807) is 0 Å². The van der Waals surface area contributed by atoms with Gasteiger partial charge in [-0.3, -0.25) is 4.90 Å². The molecule has 34 heavy (non-hydrogen) atoms. The Bertz CT molecular complexity index is 938. The van der Waals surface area contributed by atoms with Gasteiger partial charge in [0.05, 0.1) is 25.4 Å². The minimum atomic E-state index is -0.590. The molecular weight excluding hydrogens is 434 g/mol. The minimum absolute atomic E-state index is 0.00305. The van der Waals surface area contributed by atoms with Gasteiger partial charge in [-0.05, 0) is 49.6 Å². The van der Waals surface area contributed by atoms with E-state index in [0.29, 0.717) is 18.7 Å². The maximum Gasteiger partial charge on any atom is 0.319 e. The lowest BCUT2D eigenvalue weighted by molar-refractivity contribution is -0.253. The molecule has 184 valence electrons. The number of carbonyl (C=O) groups excluding carboxylic acids is 1. The van der Waals surface area contributed by atoms with Crippen molar-refractivity contribution in [2.45, 2.75) is 57.3 Å². The first kappa shape index (κ1) is 24.6. The largest absolute Gasteiger partial charge is 0.395 e. The number of nitrogens with zero attached hydrogens (tertiary/aromatic N) is 1. The van der Waals surface area contributed by atoms with Crippen LogP contribution in [0.2, 0.25) is 0 Å². The molecule has 4 atom stereocenters. The monoisotopic (exact) mass is 469 g/mol. The van der Waals surface area contributed by atoms with Crippen LogP contribution in [0.4, 0.5) is 10.5 Å². The van der Waals surface area contributed by atoms with Crippen LogP contribution in [0.3, 0.4) is 0 Å². The molecule has 2 aliphatic heterocycles. The molecule has 0 bridgehead atoms. The second kappa shape index (κ2) is 11.8. The van der Waals surface area contributed by atoms with Gasteiger partial charge >= 0.3 is 6.03 Å². The Morgan fingerprint density at radius 2 is 1.94 bits per heavy atom. The summed E-state index contributed by atoms with van der Waals surface area (Å²) in [5, 5.41) is 24.7. The molecule has 0 aliphatic carbocycles. The number of carbonyl (C=O) groups is 1. The van der Waals surface area contributed by atoms with Gasteiger partial charge in [0.25, 0.3) is 0 Å². The Morgan fingerprint density at radius 3 is 2.68 bits per heavy atom. The van der Waals surface area contributed by atoms with Gasteiger partial charge in [0.2, 0.25) is 0 Å². The lowest BCUT2D eigenvalue weighted by Crippen LogP contribution is -2.42. The zero-order valence-electron chi connectivity index (χ0n) is 19.7. The van der Waals surface area contributed by atoms with Crippen molar-refractivity contribution >= 4 is 11.7 Å². The van der Waals surface area contributed by atoms with Crippen molar-refractivity contribution in [2.75, 3.05) is 31.6 Å². The summed E-state index contributed by atoms with van der Waals surface area (Å²) >= 11 is 0. The SMILES string of the molecule is CCNC(=O)Nc1cccc(C2OC(CN3CCCC3CO)CC(c3ccc(CO)cc3)O2)c1. The summed E-state index contributed by atoms with van der Waals surface area (Å²) < 4.78 is 12.8. The highest BCUT2D eigenvalue weighted by Crippen LogP contribution is 2.39. The fraction of sp³-hybridized carbons (Fsp3) is 0.500. The van der Waals surface area contributed by atoms with E-state index in [1.807, 2.05) is 55.5 Å². The van der Waals surface area contributed by atoms with Crippen LogP contribution in [0, 0.1) is 0 Å². The van der Waals surface area contributed by atoms with Gasteiger partial charge in [0, 0.05) is 36.8 Å². The van der Waals surface area contributed by atoms with Crippen molar-refractivity contribution in [3.8, 4) is 0 Å². The number of aliphatic hydroxyl groups is 2. The second-order valence-corrected chi connectivity index (χ2v) is 8.93. The zero-order valence-corrected chi connectivity index (χ0v) is 19.7. The molecule has 2 heterocycles. The van der Waals surface area contributed by atoms with Gasteiger partial charge in [0.1, 0.15) is 0 Å². The quantitative estimate of drug-likeness (QED) is 0.473. The summed E-state index contributed by atoms with van der Waals surface area (Å²) in [6.07, 6.45) is 1.94. The Kier molecular flexibility index (Phi) is 8.53. The van der Waals surface area contributed by atoms with Crippen molar-refractivity contribution in [2.24, 2.45) is 0 Å². The molecule has 2 amide bonds. The van der Waals surface area contributed by atoms with E-state index in [1.165, 1.54) is 0 Å². The number of rotatable bonds is 8. The molecule has 0 radical (unpaired) electrons. The molecule has 2 aliphatic rings. The highest BCUT2D eigenvalue weighted by Gasteiger charge is 2.35. The van der Waals surface area contributed by atoms with E-state index in [4.69, 9.17) is 9.47 Å². The van der Waals surface area contributed by atoms with E-state index in [0.717, 1.165) is 42.6 Å². The molecule has 0 spiro atoms. The van der Waals surface area contributed by atoms with Crippen LogP contribution in [0.25, 0.3) is 0 Å². The third-order valence-electron chi connectivity index (χ3n) is 6.52. The molecule has 2 aromatic rings. The Morgan fingerprint density at radius 1 is 1.12 bits per heavy atom. The third kappa shape index (κ3) is 6.14. The van der Waals surface area contributed by atoms with Crippen molar-refractivity contribution in [1.29, 1.82) is 0 Å². The molecule has 0 aromatic heterocycles. The van der Waals surface area contributed by atoms with Crippen LogP contribution in [-0.4, -0.2) is 59.5 Å². The summed E-state index contributed by atoms with van der Waals surface area (Å²) in [6, 6.07) is 15.3. The molecule has 4 N–H and O–H groups in total. The van der Waals surface area contributed by atoms with Gasteiger partial charge in [-0.15, -0.1) is 0 Å². The van der Waals surface area contributed by atoms with Gasteiger partial charge in [0.15, 0.2) is 6.29 Å². The van der Waals surface area contributed by atoms with E-state index >= 15 is 0 Å². The fourth-order valence-electron chi connectivity index (χ4n) is 4.74. The predicted octanol–water partition coefficient (Wildman–Crippen LogP) is 3.32. The van der Waals surface area contributed by atoms with E-state index in [2.05, 4.69) is 15.5 Å². The number of hydrogen-bond acceptors (Lipinski definition) is 6. The third-order valence-corrected chi connectivity index (χ3v) is 6.52. The van der Waals surface area contributed by atoms with E-state index in [-0.39, 0.29) is 37.5 Å². The number of anilines is 1. The number of likely N-dealkylation sites (tertiary alicyclic amines) is 1. The first-order chi connectivity index (χ1) is 16.6. The van der Waals surface area contributed by atoms with Crippen LogP contribution >= 0.6 is 0 Å². The lowest BCUT2D eigenvalue weighted by atomic mass is 9.99. The van der Waals surface area contributed by atoms with Crippen molar-refractivity contribution in [3.63, 3.8) is 0 Å². The maximum absolute atomic E-state index is 12.0. The van der Waals surface area contributed by atoms with Crippen molar-refractivity contribution in [3.05, 3.63) is 65.2 Å². The van der Waals surface area contributed by atoms with Crippen LogP contribution in [0.5, 0.6) is 0 Å². The highest BCUT2D eigenvalue weighted by molar-refractivity contribution is 5.89. The molecule has 2 aromatic carbocycles. The van der Waals surface area contributed by atoms with Gasteiger partial charge < -0.3 is 30.3 Å². The Balaban J connectivity index is 1.54. The fourth-order valence-corrected chi connectivity index (χ4v) is 4.74. The average Bonchev–Trinajstić information content (AvgIpc) is 3.31.